The normalized spacial score (nSPS) is 10.7. The van der Waals surface area contributed by atoms with Crippen molar-refractivity contribution in [3.63, 3.8) is 0 Å². The molecule has 0 amide bonds. The highest BCUT2D eigenvalue weighted by Crippen LogP contribution is 2.32. The Labute approximate surface area is 69.2 Å². The predicted molar refractivity (Wildman–Crippen MR) is 45.0 cm³/mol. The van der Waals surface area contributed by atoms with Gasteiger partial charge in [0.1, 0.15) is 0 Å². The van der Waals surface area contributed by atoms with Crippen LogP contribution in [-0.4, -0.2) is 0 Å². The van der Waals surface area contributed by atoms with Gasteiger partial charge >= 0.3 is 0 Å². The molecule has 66 valence electrons. The fourth-order valence-electron chi connectivity index (χ4n) is 1.01. The van der Waals surface area contributed by atoms with Gasteiger partial charge in [-0.1, -0.05) is 6.07 Å². The van der Waals surface area contributed by atoms with Crippen LogP contribution >= 0.6 is 0 Å². The van der Waals surface area contributed by atoms with E-state index < -0.39 is 6.43 Å². The third-order valence-corrected chi connectivity index (χ3v) is 1.76. The Kier molecular flexibility index (Phi) is 2.17. The van der Waals surface area contributed by atoms with Gasteiger partial charge in [0.15, 0.2) is 0 Å². The minimum atomic E-state index is -2.61. The first-order chi connectivity index (χ1) is 5.54. The number of rotatable bonds is 1. The van der Waals surface area contributed by atoms with Crippen LogP contribution in [-0.2, 0) is 0 Å². The Hall–Kier alpha value is -1.32. The third kappa shape index (κ3) is 1.32. The highest BCUT2D eigenvalue weighted by Gasteiger charge is 2.15. The molecule has 0 heterocycles. The van der Waals surface area contributed by atoms with Crippen LogP contribution in [0.4, 0.5) is 20.2 Å². The highest BCUT2D eigenvalue weighted by atomic mass is 19.3. The first-order valence-corrected chi connectivity index (χ1v) is 3.46. The molecule has 0 saturated heterocycles. The Bertz CT molecular complexity index is 297. The Morgan fingerprint density at radius 1 is 1.25 bits per heavy atom. The molecule has 0 fully saturated rings. The van der Waals surface area contributed by atoms with Crippen LogP contribution in [0.25, 0.3) is 0 Å². The van der Waals surface area contributed by atoms with Crippen LogP contribution in [0, 0.1) is 6.92 Å². The zero-order valence-electron chi connectivity index (χ0n) is 6.64. The van der Waals surface area contributed by atoms with Gasteiger partial charge in [0.25, 0.3) is 6.43 Å². The molecule has 0 aliphatic carbocycles. The maximum absolute atomic E-state index is 12.3. The van der Waals surface area contributed by atoms with Gasteiger partial charge in [0.2, 0.25) is 0 Å². The minimum Gasteiger partial charge on any atom is -0.398 e. The second-order valence-electron chi connectivity index (χ2n) is 2.60. The molecule has 1 rings (SSSR count). The van der Waals surface area contributed by atoms with Crippen LogP contribution in [0.1, 0.15) is 17.6 Å². The topological polar surface area (TPSA) is 52.0 Å². The largest absolute Gasteiger partial charge is 0.398 e. The number of aryl methyl sites for hydroxylation is 1. The molecule has 1 aromatic carbocycles. The van der Waals surface area contributed by atoms with Crippen molar-refractivity contribution >= 4 is 11.4 Å². The second kappa shape index (κ2) is 2.97. The van der Waals surface area contributed by atoms with Gasteiger partial charge in [0.05, 0.1) is 5.56 Å². The van der Waals surface area contributed by atoms with Crippen LogP contribution in [0.15, 0.2) is 12.1 Å². The summed E-state index contributed by atoms with van der Waals surface area (Å²) < 4.78 is 24.6. The zero-order chi connectivity index (χ0) is 9.30. The second-order valence-corrected chi connectivity index (χ2v) is 2.60. The molecule has 12 heavy (non-hydrogen) atoms. The summed E-state index contributed by atoms with van der Waals surface area (Å²) in [5.74, 6) is 0. The molecule has 0 aromatic heterocycles. The number of nitrogens with two attached hydrogens (primary N) is 2. The number of nitrogen functional groups attached to an aromatic ring is 2. The molecule has 0 radical (unpaired) electrons. The first-order valence-electron chi connectivity index (χ1n) is 3.46. The number of hydrogen-bond acceptors (Lipinski definition) is 2. The molecule has 0 atom stereocenters. The summed E-state index contributed by atoms with van der Waals surface area (Å²) in [6.45, 7) is 1.67. The summed E-state index contributed by atoms with van der Waals surface area (Å²) in [6, 6.07) is 3.06. The predicted octanol–water partition coefficient (Wildman–Crippen LogP) is 2.10. The fraction of sp³-hybridized carbons (Fsp3) is 0.250. The average Bonchev–Trinajstić information content (AvgIpc) is 1.97. The highest BCUT2D eigenvalue weighted by molar-refractivity contribution is 5.65. The molecule has 4 heteroatoms. The average molecular weight is 172 g/mol. The van der Waals surface area contributed by atoms with Crippen molar-refractivity contribution in [1.82, 2.24) is 0 Å². The van der Waals surface area contributed by atoms with E-state index in [0.717, 1.165) is 0 Å². The number of hydrogen-bond donors (Lipinski definition) is 2. The molecular weight excluding hydrogens is 162 g/mol. The Morgan fingerprint density at radius 3 is 2.25 bits per heavy atom. The van der Waals surface area contributed by atoms with Crippen LogP contribution in [0.5, 0.6) is 0 Å². The third-order valence-electron chi connectivity index (χ3n) is 1.76. The summed E-state index contributed by atoms with van der Waals surface area (Å²) in [5.41, 5.74) is 11.3. The quantitative estimate of drug-likeness (QED) is 0.637. The van der Waals surface area contributed by atoms with Crippen molar-refractivity contribution in [2.24, 2.45) is 0 Å². The molecule has 2 nitrogen and oxygen atoms in total. The van der Waals surface area contributed by atoms with Crippen LogP contribution < -0.4 is 11.5 Å². The van der Waals surface area contributed by atoms with E-state index in [1.807, 2.05) is 0 Å². The van der Waals surface area contributed by atoms with Gasteiger partial charge in [-0.15, -0.1) is 0 Å². The van der Waals surface area contributed by atoms with E-state index in [0.29, 0.717) is 5.56 Å². The summed E-state index contributed by atoms with van der Waals surface area (Å²) in [4.78, 5) is 0. The maximum atomic E-state index is 12.3. The minimum absolute atomic E-state index is 0.0492. The SMILES string of the molecule is Cc1ccc(N)c(C(F)F)c1N. The molecule has 0 bridgehead atoms. The van der Waals surface area contributed by atoms with Gasteiger partial charge in [-0.2, -0.15) is 0 Å². The Morgan fingerprint density at radius 2 is 1.83 bits per heavy atom. The lowest BCUT2D eigenvalue weighted by Gasteiger charge is -2.09. The van der Waals surface area contributed by atoms with Crippen molar-refractivity contribution < 1.29 is 8.78 Å². The van der Waals surface area contributed by atoms with Crippen molar-refractivity contribution in [2.45, 2.75) is 13.3 Å². The van der Waals surface area contributed by atoms with Gasteiger partial charge in [-0.05, 0) is 18.6 Å². The molecule has 1 aromatic rings. The number of halogens is 2. The zero-order valence-corrected chi connectivity index (χ0v) is 6.64. The van der Waals surface area contributed by atoms with Crippen molar-refractivity contribution in [1.29, 1.82) is 0 Å². The van der Waals surface area contributed by atoms with E-state index in [1.54, 1.807) is 13.0 Å². The fourth-order valence-corrected chi connectivity index (χ4v) is 1.01. The van der Waals surface area contributed by atoms with Crippen molar-refractivity contribution in [3.05, 3.63) is 23.3 Å². The summed E-state index contributed by atoms with van der Waals surface area (Å²) >= 11 is 0. The van der Waals surface area contributed by atoms with E-state index in [-0.39, 0.29) is 16.9 Å². The Balaban J connectivity index is 3.33. The molecule has 0 aliphatic rings. The monoisotopic (exact) mass is 172 g/mol. The lowest BCUT2D eigenvalue weighted by Crippen LogP contribution is -2.02. The smallest absolute Gasteiger partial charge is 0.267 e. The molecule has 4 N–H and O–H groups in total. The van der Waals surface area contributed by atoms with Gasteiger partial charge in [0, 0.05) is 11.4 Å². The van der Waals surface area contributed by atoms with Gasteiger partial charge < -0.3 is 11.5 Å². The molecule has 0 aliphatic heterocycles. The van der Waals surface area contributed by atoms with Crippen LogP contribution in [0.3, 0.4) is 0 Å². The van der Waals surface area contributed by atoms with E-state index in [9.17, 15) is 8.78 Å². The maximum Gasteiger partial charge on any atom is 0.267 e. The van der Waals surface area contributed by atoms with E-state index in [4.69, 9.17) is 11.5 Å². The summed E-state index contributed by atoms with van der Waals surface area (Å²) in [5, 5.41) is 0. The number of anilines is 2. The first kappa shape index (κ1) is 8.77. The number of benzene rings is 1. The molecule has 0 saturated carbocycles. The van der Waals surface area contributed by atoms with Crippen molar-refractivity contribution in [3.8, 4) is 0 Å². The van der Waals surface area contributed by atoms with Gasteiger partial charge in [-0.3, -0.25) is 0 Å². The van der Waals surface area contributed by atoms with Crippen LogP contribution in [0.2, 0.25) is 0 Å². The standard InChI is InChI=1S/C8H10F2N2/c1-4-2-3-5(11)6(7(4)12)8(9)10/h2-3,8H,11-12H2,1H3. The molecule has 0 unspecified atom stereocenters. The summed E-state index contributed by atoms with van der Waals surface area (Å²) in [6.07, 6.45) is -2.61. The van der Waals surface area contributed by atoms with Crippen molar-refractivity contribution in [2.75, 3.05) is 11.5 Å². The molecule has 0 spiro atoms. The van der Waals surface area contributed by atoms with E-state index in [1.165, 1.54) is 6.07 Å². The molecular formula is C8H10F2N2. The summed E-state index contributed by atoms with van der Waals surface area (Å²) in [7, 11) is 0. The number of alkyl halides is 2. The van der Waals surface area contributed by atoms with E-state index >= 15 is 0 Å². The lowest BCUT2D eigenvalue weighted by molar-refractivity contribution is 0.153. The lowest BCUT2D eigenvalue weighted by atomic mass is 10.1. The van der Waals surface area contributed by atoms with E-state index in [2.05, 4.69) is 0 Å². The van der Waals surface area contributed by atoms with Gasteiger partial charge in [-0.25, -0.2) is 8.78 Å².